The second-order valence-electron chi connectivity index (χ2n) is 5.52. The minimum absolute atomic E-state index is 0.0260. The molecule has 0 spiro atoms. The van der Waals surface area contributed by atoms with Crippen molar-refractivity contribution in [3.8, 4) is 11.5 Å². The summed E-state index contributed by atoms with van der Waals surface area (Å²) >= 11 is 5.94. The summed E-state index contributed by atoms with van der Waals surface area (Å²) in [5, 5.41) is 0.684. The quantitative estimate of drug-likeness (QED) is 0.847. The number of hydrogen-bond donors (Lipinski definition) is 0. The molecule has 2 aromatic rings. The van der Waals surface area contributed by atoms with Gasteiger partial charge in [-0.2, -0.15) is 0 Å². The largest absolute Gasteiger partial charge is 0.497 e. The molecule has 1 aliphatic rings. The van der Waals surface area contributed by atoms with E-state index in [2.05, 4.69) is 0 Å². The summed E-state index contributed by atoms with van der Waals surface area (Å²) in [5.41, 5.74) is 2.59. The van der Waals surface area contributed by atoms with Crippen LogP contribution in [0.25, 0.3) is 0 Å². The van der Waals surface area contributed by atoms with Gasteiger partial charge >= 0.3 is 0 Å². The molecule has 3 rings (SSSR count). The van der Waals surface area contributed by atoms with E-state index < -0.39 is 0 Å². The molecule has 120 valence electrons. The van der Waals surface area contributed by atoms with Gasteiger partial charge in [-0.3, -0.25) is 4.79 Å². The van der Waals surface area contributed by atoms with Gasteiger partial charge in [-0.15, -0.1) is 0 Å². The van der Waals surface area contributed by atoms with Gasteiger partial charge in [0.25, 0.3) is 5.91 Å². The fraction of sp³-hybridized carbons (Fsp3) is 0.278. The minimum atomic E-state index is -0.0529. The number of fused-ring (bicyclic) bond motifs is 1. The van der Waals surface area contributed by atoms with Crippen LogP contribution in [0.1, 0.15) is 34.5 Å². The van der Waals surface area contributed by atoms with Crippen LogP contribution in [0, 0.1) is 0 Å². The van der Waals surface area contributed by atoms with Crippen LogP contribution in [0.2, 0.25) is 5.02 Å². The van der Waals surface area contributed by atoms with Gasteiger partial charge in [-0.1, -0.05) is 23.7 Å². The van der Waals surface area contributed by atoms with E-state index in [-0.39, 0.29) is 11.9 Å². The summed E-state index contributed by atoms with van der Waals surface area (Å²) < 4.78 is 10.7. The van der Waals surface area contributed by atoms with Crippen LogP contribution in [0.15, 0.2) is 36.4 Å². The first-order valence-corrected chi connectivity index (χ1v) is 7.74. The highest BCUT2D eigenvalue weighted by atomic mass is 35.5. The number of rotatable bonds is 4. The topological polar surface area (TPSA) is 38.8 Å². The first kappa shape index (κ1) is 15.7. The first-order chi connectivity index (χ1) is 11.0. The molecule has 1 atom stereocenters. The predicted octanol–water partition coefficient (Wildman–Crippen LogP) is 4.07. The predicted molar refractivity (Wildman–Crippen MR) is 89.3 cm³/mol. The smallest absolute Gasteiger partial charge is 0.258 e. The summed E-state index contributed by atoms with van der Waals surface area (Å²) in [6, 6.07) is 11.2. The molecule has 0 N–H and O–H groups in total. The van der Waals surface area contributed by atoms with Crippen LogP contribution in [0.5, 0.6) is 11.5 Å². The third kappa shape index (κ3) is 2.75. The Balaban J connectivity index is 1.95. The number of carbonyl (C=O) groups excluding carboxylic acids is 1. The van der Waals surface area contributed by atoms with Crippen molar-refractivity contribution in [1.82, 2.24) is 4.90 Å². The van der Waals surface area contributed by atoms with Crippen molar-refractivity contribution in [2.45, 2.75) is 19.5 Å². The third-order valence-corrected chi connectivity index (χ3v) is 4.50. The Bertz CT molecular complexity index is 743. The van der Waals surface area contributed by atoms with E-state index in [9.17, 15) is 4.79 Å². The minimum Gasteiger partial charge on any atom is -0.497 e. The molecule has 1 unspecified atom stereocenters. The van der Waals surface area contributed by atoms with E-state index in [0.717, 1.165) is 11.1 Å². The molecule has 5 heteroatoms. The van der Waals surface area contributed by atoms with Crippen molar-refractivity contribution in [3.05, 3.63) is 58.1 Å². The van der Waals surface area contributed by atoms with Gasteiger partial charge in [0.2, 0.25) is 0 Å². The molecule has 0 fully saturated rings. The Morgan fingerprint density at radius 3 is 2.43 bits per heavy atom. The van der Waals surface area contributed by atoms with E-state index in [0.29, 0.717) is 28.6 Å². The molecule has 0 aliphatic carbocycles. The van der Waals surface area contributed by atoms with Gasteiger partial charge in [0.1, 0.15) is 11.5 Å². The Hall–Kier alpha value is -2.20. The summed E-state index contributed by atoms with van der Waals surface area (Å²) in [5.74, 6) is 1.21. The molecule has 0 radical (unpaired) electrons. The molecule has 0 saturated heterocycles. The van der Waals surface area contributed by atoms with Crippen molar-refractivity contribution in [3.63, 3.8) is 0 Å². The number of nitrogens with zero attached hydrogens (tertiary/aromatic N) is 1. The molecule has 4 nitrogen and oxygen atoms in total. The number of carbonyl (C=O) groups is 1. The SMILES string of the molecule is COc1cc2c(c(OC)c1)C(=O)N(C(C)c1ccc(Cl)cc1)C2. The van der Waals surface area contributed by atoms with Gasteiger partial charge < -0.3 is 14.4 Å². The van der Waals surface area contributed by atoms with E-state index in [4.69, 9.17) is 21.1 Å². The molecule has 2 aromatic carbocycles. The van der Waals surface area contributed by atoms with Gasteiger partial charge in [0.05, 0.1) is 25.8 Å². The number of benzene rings is 2. The Kier molecular flexibility index (Phi) is 4.18. The molecular weight excluding hydrogens is 314 g/mol. The fourth-order valence-corrected chi connectivity index (χ4v) is 3.05. The second-order valence-corrected chi connectivity index (χ2v) is 5.96. The number of halogens is 1. The molecule has 0 aromatic heterocycles. The maximum atomic E-state index is 12.8. The van der Waals surface area contributed by atoms with E-state index in [1.165, 1.54) is 0 Å². The monoisotopic (exact) mass is 331 g/mol. The van der Waals surface area contributed by atoms with Crippen LogP contribution in [-0.4, -0.2) is 25.0 Å². The van der Waals surface area contributed by atoms with Crippen LogP contribution >= 0.6 is 11.6 Å². The average molecular weight is 332 g/mol. The van der Waals surface area contributed by atoms with Crippen molar-refractivity contribution >= 4 is 17.5 Å². The zero-order valence-electron chi connectivity index (χ0n) is 13.3. The third-order valence-electron chi connectivity index (χ3n) is 4.25. The molecule has 1 aliphatic heterocycles. The van der Waals surface area contributed by atoms with Crippen molar-refractivity contribution in [2.75, 3.05) is 14.2 Å². The molecular formula is C18H18ClNO3. The number of ether oxygens (including phenoxy) is 2. The summed E-state index contributed by atoms with van der Waals surface area (Å²) in [6.07, 6.45) is 0. The summed E-state index contributed by atoms with van der Waals surface area (Å²) in [7, 11) is 3.17. The highest BCUT2D eigenvalue weighted by Gasteiger charge is 2.34. The van der Waals surface area contributed by atoms with Crippen molar-refractivity contribution in [2.24, 2.45) is 0 Å². The molecule has 0 saturated carbocycles. The molecule has 0 bridgehead atoms. The fourth-order valence-electron chi connectivity index (χ4n) is 2.92. The van der Waals surface area contributed by atoms with Gasteiger partial charge in [-0.25, -0.2) is 0 Å². The molecule has 1 amide bonds. The summed E-state index contributed by atoms with van der Waals surface area (Å²) in [6.45, 7) is 2.54. The lowest BCUT2D eigenvalue weighted by Crippen LogP contribution is -2.27. The maximum absolute atomic E-state index is 12.8. The number of hydrogen-bond acceptors (Lipinski definition) is 3. The molecule has 23 heavy (non-hydrogen) atoms. The number of methoxy groups -OCH3 is 2. The van der Waals surface area contributed by atoms with Crippen LogP contribution < -0.4 is 9.47 Å². The van der Waals surface area contributed by atoms with Gasteiger partial charge in [0.15, 0.2) is 0 Å². The van der Waals surface area contributed by atoms with Crippen LogP contribution in [0.4, 0.5) is 0 Å². The lowest BCUT2D eigenvalue weighted by Gasteiger charge is -2.24. The summed E-state index contributed by atoms with van der Waals surface area (Å²) in [4.78, 5) is 14.7. The van der Waals surface area contributed by atoms with Crippen molar-refractivity contribution in [1.29, 1.82) is 0 Å². The molecule has 1 heterocycles. The van der Waals surface area contributed by atoms with Crippen LogP contribution in [0.3, 0.4) is 0 Å². The first-order valence-electron chi connectivity index (χ1n) is 7.36. The zero-order chi connectivity index (χ0) is 16.6. The van der Waals surface area contributed by atoms with E-state index >= 15 is 0 Å². The highest BCUT2D eigenvalue weighted by molar-refractivity contribution is 6.30. The van der Waals surface area contributed by atoms with E-state index in [1.54, 1.807) is 20.3 Å². The Morgan fingerprint density at radius 1 is 1.13 bits per heavy atom. The Labute approximate surface area is 140 Å². The number of amides is 1. The van der Waals surface area contributed by atoms with Crippen molar-refractivity contribution < 1.29 is 14.3 Å². The lowest BCUT2D eigenvalue weighted by molar-refractivity contribution is 0.0713. The zero-order valence-corrected chi connectivity index (χ0v) is 14.1. The second kappa shape index (κ2) is 6.13. The highest BCUT2D eigenvalue weighted by Crippen LogP contribution is 2.38. The van der Waals surface area contributed by atoms with E-state index in [1.807, 2.05) is 42.2 Å². The lowest BCUT2D eigenvalue weighted by atomic mass is 10.1. The van der Waals surface area contributed by atoms with Gasteiger partial charge in [0, 0.05) is 17.6 Å². The normalized spacial score (nSPS) is 14.6. The maximum Gasteiger partial charge on any atom is 0.258 e. The Morgan fingerprint density at radius 2 is 1.83 bits per heavy atom. The van der Waals surface area contributed by atoms with Gasteiger partial charge in [-0.05, 0) is 36.2 Å². The average Bonchev–Trinajstić information content (AvgIpc) is 2.91. The van der Waals surface area contributed by atoms with Crippen LogP contribution in [-0.2, 0) is 6.54 Å². The standard InChI is InChI=1S/C18H18ClNO3/c1-11(12-4-6-14(19)7-5-12)20-10-13-8-15(22-2)9-16(23-3)17(13)18(20)21/h4-9,11H,10H2,1-3H3.